The average molecular weight is 280 g/mol. The zero-order valence-corrected chi connectivity index (χ0v) is 11.0. The number of nitrogens with two attached hydrogens (primary N) is 1. The van der Waals surface area contributed by atoms with E-state index < -0.39 is 0 Å². The molecule has 0 atom stereocenters. The largest absolute Gasteiger partial charge is 0.409 e. The molecule has 20 heavy (non-hydrogen) atoms. The first-order valence-corrected chi connectivity index (χ1v) is 6.35. The Balaban J connectivity index is 1.89. The normalized spacial score (nSPS) is 16.4. The van der Waals surface area contributed by atoms with Gasteiger partial charge in [0.2, 0.25) is 5.91 Å². The Bertz CT molecular complexity index is 496. The number of nitrogens with zero attached hydrogens (tertiary/aromatic N) is 3. The van der Waals surface area contributed by atoms with Gasteiger partial charge in [0, 0.05) is 31.9 Å². The summed E-state index contributed by atoms with van der Waals surface area (Å²) in [7, 11) is 0. The van der Waals surface area contributed by atoms with Gasteiger partial charge in [-0.15, -0.1) is 0 Å². The van der Waals surface area contributed by atoms with Crippen molar-refractivity contribution in [1.82, 2.24) is 4.90 Å². The summed E-state index contributed by atoms with van der Waals surface area (Å²) >= 11 is 0. The number of amides is 1. The third kappa shape index (κ3) is 3.37. The molecule has 0 spiro atoms. The predicted octanol–water partition coefficient (Wildman–Crippen LogP) is 0.611. The van der Waals surface area contributed by atoms with Crippen molar-refractivity contribution in [2.24, 2.45) is 10.9 Å². The minimum absolute atomic E-state index is 0.0763. The fourth-order valence-electron chi connectivity index (χ4n) is 2.17. The maximum Gasteiger partial charge on any atom is 0.230 e. The van der Waals surface area contributed by atoms with Crippen LogP contribution in [0.5, 0.6) is 0 Å². The number of carbonyl (C=O) groups excluding carboxylic acids is 1. The highest BCUT2D eigenvalue weighted by Crippen LogP contribution is 2.17. The van der Waals surface area contributed by atoms with Crippen molar-refractivity contribution in [1.29, 1.82) is 0 Å². The van der Waals surface area contributed by atoms with Crippen LogP contribution < -0.4 is 10.6 Å². The third-order valence-electron chi connectivity index (χ3n) is 3.28. The summed E-state index contributed by atoms with van der Waals surface area (Å²) < 4.78 is 12.9. The second-order valence-electron chi connectivity index (χ2n) is 4.61. The summed E-state index contributed by atoms with van der Waals surface area (Å²) in [6, 6.07) is 6.29. The number of piperazine rings is 1. The molecule has 1 aliphatic rings. The van der Waals surface area contributed by atoms with Gasteiger partial charge in [-0.25, -0.2) is 4.39 Å². The van der Waals surface area contributed by atoms with E-state index in [9.17, 15) is 9.18 Å². The van der Waals surface area contributed by atoms with Crippen LogP contribution in [-0.2, 0) is 4.79 Å². The van der Waals surface area contributed by atoms with Crippen LogP contribution in [0.25, 0.3) is 0 Å². The molecule has 0 aliphatic carbocycles. The zero-order valence-electron chi connectivity index (χ0n) is 11.0. The first-order valence-electron chi connectivity index (χ1n) is 6.35. The van der Waals surface area contributed by atoms with Crippen LogP contribution >= 0.6 is 0 Å². The van der Waals surface area contributed by atoms with Gasteiger partial charge in [-0.1, -0.05) is 5.16 Å². The second kappa shape index (κ2) is 6.23. The molecule has 7 heteroatoms. The smallest absolute Gasteiger partial charge is 0.230 e. The van der Waals surface area contributed by atoms with Crippen LogP contribution in [0.1, 0.15) is 6.42 Å². The molecule has 0 unspecified atom stereocenters. The predicted molar refractivity (Wildman–Crippen MR) is 73.2 cm³/mol. The number of rotatable bonds is 3. The molecule has 0 bridgehead atoms. The van der Waals surface area contributed by atoms with E-state index in [1.54, 1.807) is 17.0 Å². The molecule has 2 rings (SSSR count). The van der Waals surface area contributed by atoms with Gasteiger partial charge in [-0.2, -0.15) is 0 Å². The topological polar surface area (TPSA) is 82.2 Å². The van der Waals surface area contributed by atoms with Gasteiger partial charge >= 0.3 is 0 Å². The quantitative estimate of drug-likeness (QED) is 0.368. The van der Waals surface area contributed by atoms with Crippen molar-refractivity contribution in [2.75, 3.05) is 31.1 Å². The molecule has 1 heterocycles. The van der Waals surface area contributed by atoms with Crippen molar-refractivity contribution in [3.05, 3.63) is 30.1 Å². The summed E-state index contributed by atoms with van der Waals surface area (Å²) in [6.45, 7) is 2.48. The van der Waals surface area contributed by atoms with E-state index in [2.05, 4.69) is 10.1 Å². The minimum Gasteiger partial charge on any atom is -0.409 e. The molecule has 1 fully saturated rings. The van der Waals surface area contributed by atoms with Crippen LogP contribution in [0.3, 0.4) is 0 Å². The van der Waals surface area contributed by atoms with Gasteiger partial charge in [-0.05, 0) is 24.3 Å². The molecular formula is C13H17FN4O2. The Morgan fingerprint density at radius 2 is 1.85 bits per heavy atom. The van der Waals surface area contributed by atoms with Gasteiger partial charge in [0.1, 0.15) is 11.7 Å². The van der Waals surface area contributed by atoms with Crippen molar-refractivity contribution in [3.8, 4) is 0 Å². The SMILES string of the molecule is N/C(CC(=O)N1CCN(c2ccc(F)cc2)CC1)=N\O. The molecule has 0 saturated carbocycles. The van der Waals surface area contributed by atoms with Crippen LogP contribution in [0.2, 0.25) is 0 Å². The number of halogens is 1. The summed E-state index contributed by atoms with van der Waals surface area (Å²) in [6.07, 6.45) is -0.0763. The number of anilines is 1. The van der Waals surface area contributed by atoms with E-state index in [1.807, 2.05) is 0 Å². The lowest BCUT2D eigenvalue weighted by molar-refractivity contribution is -0.130. The molecule has 1 aromatic carbocycles. The lowest BCUT2D eigenvalue weighted by Crippen LogP contribution is -2.49. The van der Waals surface area contributed by atoms with Crippen LogP contribution in [0.4, 0.5) is 10.1 Å². The van der Waals surface area contributed by atoms with Crippen molar-refractivity contribution < 1.29 is 14.4 Å². The fraction of sp³-hybridized carbons (Fsp3) is 0.385. The van der Waals surface area contributed by atoms with Crippen molar-refractivity contribution in [3.63, 3.8) is 0 Å². The lowest BCUT2D eigenvalue weighted by Gasteiger charge is -2.36. The molecule has 0 aromatic heterocycles. The molecule has 1 saturated heterocycles. The average Bonchev–Trinajstić information content (AvgIpc) is 2.48. The molecule has 108 valence electrons. The molecule has 1 aliphatic heterocycles. The number of hydrogen-bond acceptors (Lipinski definition) is 4. The monoisotopic (exact) mass is 280 g/mol. The molecule has 3 N–H and O–H groups in total. The zero-order chi connectivity index (χ0) is 14.5. The Labute approximate surface area is 116 Å². The fourth-order valence-corrected chi connectivity index (χ4v) is 2.17. The summed E-state index contributed by atoms with van der Waals surface area (Å²) in [4.78, 5) is 15.6. The Hall–Kier alpha value is -2.31. The summed E-state index contributed by atoms with van der Waals surface area (Å²) in [5, 5.41) is 11.2. The van der Waals surface area contributed by atoms with Crippen molar-refractivity contribution >= 4 is 17.4 Å². The van der Waals surface area contributed by atoms with E-state index in [1.165, 1.54) is 12.1 Å². The third-order valence-corrected chi connectivity index (χ3v) is 3.28. The highest BCUT2D eigenvalue weighted by Gasteiger charge is 2.21. The Kier molecular flexibility index (Phi) is 4.39. The van der Waals surface area contributed by atoms with Crippen LogP contribution in [0, 0.1) is 5.82 Å². The number of hydrogen-bond donors (Lipinski definition) is 2. The molecule has 6 nitrogen and oxygen atoms in total. The van der Waals surface area contributed by atoms with Gasteiger partial charge in [0.15, 0.2) is 0 Å². The number of carbonyl (C=O) groups is 1. The highest BCUT2D eigenvalue weighted by atomic mass is 19.1. The van der Waals surface area contributed by atoms with Gasteiger partial charge < -0.3 is 20.7 Å². The maximum absolute atomic E-state index is 12.9. The minimum atomic E-state index is -0.263. The first kappa shape index (κ1) is 14.1. The number of amidine groups is 1. The van der Waals surface area contributed by atoms with Crippen LogP contribution in [-0.4, -0.2) is 48.0 Å². The van der Waals surface area contributed by atoms with E-state index in [4.69, 9.17) is 10.9 Å². The summed E-state index contributed by atoms with van der Waals surface area (Å²) in [5.41, 5.74) is 6.26. The molecule has 1 amide bonds. The maximum atomic E-state index is 12.9. The van der Waals surface area contributed by atoms with Gasteiger partial charge in [0.05, 0.1) is 6.42 Å². The molecule has 1 aromatic rings. The van der Waals surface area contributed by atoms with E-state index in [-0.39, 0.29) is 24.0 Å². The second-order valence-corrected chi connectivity index (χ2v) is 4.61. The van der Waals surface area contributed by atoms with E-state index in [0.29, 0.717) is 26.2 Å². The van der Waals surface area contributed by atoms with Gasteiger partial charge in [-0.3, -0.25) is 4.79 Å². The standard InChI is InChI=1S/C13H17FN4O2/c14-10-1-3-11(4-2-10)17-5-7-18(8-6-17)13(19)9-12(15)16-20/h1-4,20H,5-9H2,(H2,15,16). The summed E-state index contributed by atoms with van der Waals surface area (Å²) in [5.74, 6) is -0.503. The van der Waals surface area contributed by atoms with Crippen LogP contribution in [0.15, 0.2) is 29.4 Å². The van der Waals surface area contributed by atoms with E-state index in [0.717, 1.165) is 5.69 Å². The number of benzene rings is 1. The van der Waals surface area contributed by atoms with E-state index >= 15 is 0 Å². The molecular weight excluding hydrogens is 263 g/mol. The number of oxime groups is 1. The Morgan fingerprint density at radius 3 is 2.40 bits per heavy atom. The molecule has 0 radical (unpaired) electrons. The van der Waals surface area contributed by atoms with Gasteiger partial charge in [0.25, 0.3) is 0 Å². The van der Waals surface area contributed by atoms with Crippen molar-refractivity contribution in [2.45, 2.75) is 6.42 Å². The highest BCUT2D eigenvalue weighted by molar-refractivity contribution is 5.98. The Morgan fingerprint density at radius 1 is 1.25 bits per heavy atom. The first-order chi connectivity index (χ1) is 9.60. The lowest BCUT2D eigenvalue weighted by atomic mass is 10.2.